The van der Waals surface area contributed by atoms with Crippen LogP contribution in [0, 0.1) is 0 Å². The number of aromatic nitrogens is 3. The zero-order chi connectivity index (χ0) is 15.1. The molecule has 0 spiro atoms. The third kappa shape index (κ3) is 4.13. The number of amides is 1. The van der Waals surface area contributed by atoms with Crippen LogP contribution in [-0.2, 0) is 0 Å². The fourth-order valence-corrected chi connectivity index (χ4v) is 2.07. The predicted octanol–water partition coefficient (Wildman–Crippen LogP) is 1.51. The molecule has 21 heavy (non-hydrogen) atoms. The number of carbonyl (C=O) groups excluding carboxylic acids is 1. The summed E-state index contributed by atoms with van der Waals surface area (Å²) in [6.07, 6.45) is 8.13. The molecule has 0 saturated carbocycles. The van der Waals surface area contributed by atoms with Crippen molar-refractivity contribution in [3.63, 3.8) is 0 Å². The van der Waals surface area contributed by atoms with Crippen molar-refractivity contribution >= 4 is 5.91 Å². The molecule has 6 nitrogen and oxygen atoms in total. The van der Waals surface area contributed by atoms with E-state index in [0.717, 1.165) is 24.9 Å². The first-order valence-electron chi connectivity index (χ1n) is 7.21. The van der Waals surface area contributed by atoms with E-state index in [1.165, 1.54) is 0 Å². The minimum atomic E-state index is -0.199. The molecule has 2 aromatic heterocycles. The van der Waals surface area contributed by atoms with Crippen LogP contribution in [0.15, 0.2) is 36.8 Å². The molecule has 0 aliphatic rings. The van der Waals surface area contributed by atoms with Gasteiger partial charge in [0.25, 0.3) is 5.91 Å². The predicted molar refractivity (Wildman–Crippen MR) is 81.2 cm³/mol. The zero-order valence-corrected chi connectivity index (χ0v) is 12.2. The summed E-state index contributed by atoms with van der Waals surface area (Å²) < 4.78 is 1.69. The van der Waals surface area contributed by atoms with Crippen LogP contribution in [0.2, 0.25) is 0 Å². The molecule has 1 unspecified atom stereocenters. The van der Waals surface area contributed by atoms with E-state index in [2.05, 4.69) is 22.3 Å². The molecular formula is C15H21N5O. The van der Waals surface area contributed by atoms with Gasteiger partial charge in [0.05, 0.1) is 5.69 Å². The van der Waals surface area contributed by atoms with Gasteiger partial charge in [-0.05, 0) is 24.6 Å². The summed E-state index contributed by atoms with van der Waals surface area (Å²) >= 11 is 0. The number of carbonyl (C=O) groups is 1. The van der Waals surface area contributed by atoms with E-state index >= 15 is 0 Å². The summed E-state index contributed by atoms with van der Waals surface area (Å²) in [4.78, 5) is 16.4. The van der Waals surface area contributed by atoms with Crippen LogP contribution in [0.3, 0.4) is 0 Å². The first-order valence-corrected chi connectivity index (χ1v) is 7.21. The number of nitrogens with two attached hydrogens (primary N) is 1. The number of pyridine rings is 1. The Bertz CT molecular complexity index is 567. The molecule has 0 aliphatic heterocycles. The Morgan fingerprint density at radius 3 is 3.00 bits per heavy atom. The van der Waals surface area contributed by atoms with E-state index in [4.69, 9.17) is 5.73 Å². The van der Waals surface area contributed by atoms with Gasteiger partial charge in [0, 0.05) is 31.2 Å². The summed E-state index contributed by atoms with van der Waals surface area (Å²) in [5, 5.41) is 7.08. The molecule has 112 valence electrons. The maximum atomic E-state index is 12.2. The lowest BCUT2D eigenvalue weighted by atomic mass is 10.1. The van der Waals surface area contributed by atoms with E-state index in [0.29, 0.717) is 12.2 Å². The molecule has 0 fully saturated rings. The van der Waals surface area contributed by atoms with Gasteiger partial charge in [-0.25, -0.2) is 4.68 Å². The van der Waals surface area contributed by atoms with Gasteiger partial charge in [0.15, 0.2) is 0 Å². The summed E-state index contributed by atoms with van der Waals surface area (Å²) in [5.74, 6) is -0.199. The molecule has 3 N–H and O–H groups in total. The highest BCUT2D eigenvalue weighted by atomic mass is 16.1. The van der Waals surface area contributed by atoms with Crippen LogP contribution in [0.1, 0.15) is 36.7 Å². The van der Waals surface area contributed by atoms with Crippen molar-refractivity contribution in [2.75, 3.05) is 6.54 Å². The van der Waals surface area contributed by atoms with Gasteiger partial charge in [-0.1, -0.05) is 19.8 Å². The topological polar surface area (TPSA) is 85.8 Å². The van der Waals surface area contributed by atoms with Gasteiger partial charge in [-0.2, -0.15) is 5.10 Å². The van der Waals surface area contributed by atoms with Crippen LogP contribution in [0.4, 0.5) is 0 Å². The third-order valence-electron chi connectivity index (χ3n) is 3.27. The molecule has 1 amide bonds. The summed E-state index contributed by atoms with van der Waals surface area (Å²) in [6, 6.07) is 5.35. The van der Waals surface area contributed by atoms with Crippen molar-refractivity contribution in [3.05, 3.63) is 42.5 Å². The van der Waals surface area contributed by atoms with Crippen molar-refractivity contribution < 1.29 is 4.79 Å². The van der Waals surface area contributed by atoms with E-state index in [-0.39, 0.29) is 11.9 Å². The van der Waals surface area contributed by atoms with E-state index in [9.17, 15) is 4.79 Å². The molecule has 1 atom stereocenters. The molecule has 6 heteroatoms. The van der Waals surface area contributed by atoms with Gasteiger partial charge in [0.1, 0.15) is 5.69 Å². The standard InChI is InChI=1S/C15H21N5O/c1-2-3-5-12(11-16)19-15(21)14-10-13(6-8-17-14)20-9-4-7-18-20/h4,6-10,12H,2-3,5,11,16H2,1H3,(H,19,21). The molecule has 2 rings (SSSR count). The Morgan fingerprint density at radius 1 is 1.48 bits per heavy atom. The number of hydrogen-bond acceptors (Lipinski definition) is 4. The first-order chi connectivity index (χ1) is 10.2. The van der Waals surface area contributed by atoms with E-state index in [1.54, 1.807) is 29.2 Å². The molecule has 0 aliphatic carbocycles. The molecule has 0 saturated heterocycles. The average molecular weight is 287 g/mol. The normalized spacial score (nSPS) is 12.1. The Kier molecular flexibility index (Phi) is 5.45. The lowest BCUT2D eigenvalue weighted by Gasteiger charge is -2.16. The van der Waals surface area contributed by atoms with Crippen LogP contribution in [0.5, 0.6) is 0 Å². The molecule has 2 aromatic rings. The van der Waals surface area contributed by atoms with Crippen LogP contribution in [0.25, 0.3) is 5.69 Å². The van der Waals surface area contributed by atoms with Gasteiger partial charge < -0.3 is 11.1 Å². The van der Waals surface area contributed by atoms with Crippen LogP contribution in [-0.4, -0.2) is 33.3 Å². The van der Waals surface area contributed by atoms with Crippen LogP contribution < -0.4 is 11.1 Å². The highest BCUT2D eigenvalue weighted by molar-refractivity contribution is 5.92. The van der Waals surface area contributed by atoms with E-state index < -0.39 is 0 Å². The Labute approximate surface area is 124 Å². The van der Waals surface area contributed by atoms with Crippen molar-refractivity contribution in [1.29, 1.82) is 0 Å². The molecule has 2 heterocycles. The van der Waals surface area contributed by atoms with Gasteiger partial charge in [0.2, 0.25) is 0 Å². The summed E-state index contributed by atoms with van der Waals surface area (Å²) in [6.45, 7) is 2.55. The highest BCUT2D eigenvalue weighted by Crippen LogP contribution is 2.08. The Hall–Kier alpha value is -2.21. The fourth-order valence-electron chi connectivity index (χ4n) is 2.07. The van der Waals surface area contributed by atoms with Crippen molar-refractivity contribution in [1.82, 2.24) is 20.1 Å². The lowest BCUT2D eigenvalue weighted by molar-refractivity contribution is 0.0930. The first kappa shape index (κ1) is 15.2. The second kappa shape index (κ2) is 7.54. The number of rotatable bonds is 7. The average Bonchev–Trinajstić information content (AvgIpc) is 3.05. The molecule has 0 radical (unpaired) electrons. The zero-order valence-electron chi connectivity index (χ0n) is 12.2. The van der Waals surface area contributed by atoms with Crippen molar-refractivity contribution in [2.45, 2.75) is 32.2 Å². The minimum absolute atomic E-state index is 0.00684. The summed E-state index contributed by atoms with van der Waals surface area (Å²) in [5.41, 5.74) is 6.87. The minimum Gasteiger partial charge on any atom is -0.347 e. The Morgan fingerprint density at radius 2 is 2.33 bits per heavy atom. The smallest absolute Gasteiger partial charge is 0.270 e. The van der Waals surface area contributed by atoms with Crippen LogP contribution >= 0.6 is 0 Å². The largest absolute Gasteiger partial charge is 0.347 e. The lowest BCUT2D eigenvalue weighted by Crippen LogP contribution is -2.40. The second-order valence-electron chi connectivity index (χ2n) is 4.90. The monoisotopic (exact) mass is 287 g/mol. The SMILES string of the molecule is CCCCC(CN)NC(=O)c1cc(-n2cccn2)ccn1. The molecular weight excluding hydrogens is 266 g/mol. The Balaban J connectivity index is 2.07. The quantitative estimate of drug-likeness (QED) is 0.808. The van der Waals surface area contributed by atoms with Crippen molar-refractivity contribution in [2.24, 2.45) is 5.73 Å². The third-order valence-corrected chi connectivity index (χ3v) is 3.27. The number of nitrogens with one attached hydrogen (secondary N) is 1. The molecule has 0 aromatic carbocycles. The number of unbranched alkanes of at least 4 members (excludes halogenated alkanes) is 1. The van der Waals surface area contributed by atoms with Crippen molar-refractivity contribution in [3.8, 4) is 5.69 Å². The van der Waals surface area contributed by atoms with E-state index in [1.807, 2.05) is 12.3 Å². The fraction of sp³-hybridized carbons (Fsp3) is 0.400. The number of hydrogen-bond donors (Lipinski definition) is 2. The molecule has 0 bridgehead atoms. The van der Waals surface area contributed by atoms with Gasteiger partial charge >= 0.3 is 0 Å². The highest BCUT2D eigenvalue weighted by Gasteiger charge is 2.13. The maximum absolute atomic E-state index is 12.2. The van der Waals surface area contributed by atoms with Gasteiger partial charge in [-0.15, -0.1) is 0 Å². The number of nitrogens with zero attached hydrogens (tertiary/aromatic N) is 3. The summed E-state index contributed by atoms with van der Waals surface area (Å²) in [7, 11) is 0. The van der Waals surface area contributed by atoms with Gasteiger partial charge in [-0.3, -0.25) is 9.78 Å². The second-order valence-corrected chi connectivity index (χ2v) is 4.90. The maximum Gasteiger partial charge on any atom is 0.270 e.